The zero-order chi connectivity index (χ0) is 17.8. The molecule has 3 rings (SSSR count). The van der Waals surface area contributed by atoms with E-state index in [1.54, 1.807) is 6.33 Å². The molecule has 1 saturated heterocycles. The molecule has 1 amide bonds. The van der Waals surface area contributed by atoms with Gasteiger partial charge < -0.3 is 9.30 Å². The van der Waals surface area contributed by atoms with Crippen molar-refractivity contribution in [1.82, 2.24) is 29.9 Å². The highest BCUT2D eigenvalue weighted by Crippen LogP contribution is 2.31. The van der Waals surface area contributed by atoms with Gasteiger partial charge in [-0.15, -0.1) is 20.4 Å². The summed E-state index contributed by atoms with van der Waals surface area (Å²) in [6.07, 6.45) is 3.73. The topological polar surface area (TPSA) is 98.1 Å². The van der Waals surface area contributed by atoms with Crippen LogP contribution in [-0.2, 0) is 16.1 Å². The van der Waals surface area contributed by atoms with E-state index in [9.17, 15) is 4.79 Å². The number of aromatic nitrogens is 5. The lowest BCUT2D eigenvalue weighted by Crippen LogP contribution is -2.30. The summed E-state index contributed by atoms with van der Waals surface area (Å²) in [6, 6.07) is 0.282. The molecule has 1 aliphatic heterocycles. The SMILES string of the molecule is CC(C)n1cnnc1CN(C)CC(=O)Nc1nnc([C@H]2CCCO2)s1. The van der Waals surface area contributed by atoms with Crippen molar-refractivity contribution in [2.24, 2.45) is 0 Å². The number of likely N-dealkylation sites (N-methyl/N-ethyl adjacent to an activating group) is 1. The minimum absolute atomic E-state index is 0.0215. The first kappa shape index (κ1) is 17.9. The molecule has 1 fully saturated rings. The molecule has 25 heavy (non-hydrogen) atoms. The Labute approximate surface area is 150 Å². The smallest absolute Gasteiger partial charge is 0.240 e. The van der Waals surface area contributed by atoms with Crippen LogP contribution < -0.4 is 5.32 Å². The van der Waals surface area contributed by atoms with Crippen molar-refractivity contribution in [2.45, 2.75) is 45.4 Å². The number of hydrogen-bond acceptors (Lipinski definition) is 8. The van der Waals surface area contributed by atoms with E-state index in [0.717, 1.165) is 30.3 Å². The van der Waals surface area contributed by atoms with Gasteiger partial charge in [-0.25, -0.2) is 0 Å². The minimum atomic E-state index is -0.131. The van der Waals surface area contributed by atoms with Gasteiger partial charge >= 0.3 is 0 Å². The molecule has 3 heterocycles. The van der Waals surface area contributed by atoms with Crippen LogP contribution in [0.5, 0.6) is 0 Å². The lowest BCUT2D eigenvalue weighted by molar-refractivity contribution is -0.117. The number of nitrogens with one attached hydrogen (secondary N) is 1. The Hall–Kier alpha value is -1.91. The summed E-state index contributed by atoms with van der Waals surface area (Å²) in [5, 5.41) is 20.3. The minimum Gasteiger partial charge on any atom is -0.371 e. The summed E-state index contributed by atoms with van der Waals surface area (Å²) >= 11 is 1.37. The summed E-state index contributed by atoms with van der Waals surface area (Å²) in [5.41, 5.74) is 0. The zero-order valence-electron chi connectivity index (χ0n) is 14.7. The Balaban J connectivity index is 1.51. The number of carbonyl (C=O) groups is 1. The molecule has 2 aromatic heterocycles. The lowest BCUT2D eigenvalue weighted by atomic mass is 10.2. The third-order valence-corrected chi connectivity index (χ3v) is 4.85. The van der Waals surface area contributed by atoms with Gasteiger partial charge in [0.15, 0.2) is 0 Å². The number of nitrogens with zero attached hydrogens (tertiary/aromatic N) is 6. The van der Waals surface area contributed by atoms with Gasteiger partial charge in [0.05, 0.1) is 13.1 Å². The number of carbonyl (C=O) groups excluding carboxylic acids is 1. The standard InChI is InChI=1S/C15H23N7O2S/c1-10(2)22-9-16-18-12(22)7-21(3)8-13(23)17-15-20-19-14(25-15)11-5-4-6-24-11/h9-11H,4-8H2,1-3H3,(H,17,20,23)/t11-/m1/s1. The molecule has 2 aromatic rings. The molecule has 0 spiro atoms. The van der Waals surface area contributed by atoms with Gasteiger partial charge in [-0.05, 0) is 33.7 Å². The largest absolute Gasteiger partial charge is 0.371 e. The maximum absolute atomic E-state index is 12.2. The van der Waals surface area contributed by atoms with Crippen molar-refractivity contribution in [3.05, 3.63) is 17.2 Å². The highest BCUT2D eigenvalue weighted by atomic mass is 32.1. The molecule has 1 N–H and O–H groups in total. The third kappa shape index (κ3) is 4.59. The molecule has 136 valence electrons. The maximum atomic E-state index is 12.2. The predicted molar refractivity (Wildman–Crippen MR) is 93.2 cm³/mol. The molecule has 0 aliphatic carbocycles. The summed E-state index contributed by atoms with van der Waals surface area (Å²) in [5.74, 6) is 0.704. The fourth-order valence-electron chi connectivity index (χ4n) is 2.70. The molecule has 10 heteroatoms. The van der Waals surface area contributed by atoms with E-state index in [1.807, 2.05) is 16.5 Å². The Morgan fingerprint density at radius 2 is 2.32 bits per heavy atom. The van der Waals surface area contributed by atoms with Gasteiger partial charge in [0.2, 0.25) is 11.0 Å². The average Bonchev–Trinajstić information content (AvgIpc) is 3.27. The van der Waals surface area contributed by atoms with E-state index < -0.39 is 0 Å². The van der Waals surface area contributed by atoms with Crippen molar-refractivity contribution in [2.75, 3.05) is 25.5 Å². The highest BCUT2D eigenvalue weighted by Gasteiger charge is 2.22. The van der Waals surface area contributed by atoms with Crippen LogP contribution in [-0.4, -0.2) is 56.0 Å². The van der Waals surface area contributed by atoms with Gasteiger partial charge in [0, 0.05) is 12.6 Å². The molecular formula is C15H23N7O2S. The lowest BCUT2D eigenvalue weighted by Gasteiger charge is -2.17. The van der Waals surface area contributed by atoms with E-state index in [0.29, 0.717) is 11.7 Å². The van der Waals surface area contributed by atoms with E-state index in [-0.39, 0.29) is 24.6 Å². The van der Waals surface area contributed by atoms with E-state index >= 15 is 0 Å². The molecule has 0 aromatic carbocycles. The average molecular weight is 365 g/mol. The van der Waals surface area contributed by atoms with Crippen LogP contribution >= 0.6 is 11.3 Å². The predicted octanol–water partition coefficient (Wildman–Crippen LogP) is 1.63. The van der Waals surface area contributed by atoms with Gasteiger partial charge in [-0.3, -0.25) is 15.0 Å². The van der Waals surface area contributed by atoms with Gasteiger partial charge in [0.1, 0.15) is 23.3 Å². The third-order valence-electron chi connectivity index (χ3n) is 3.92. The Morgan fingerprint density at radius 1 is 1.48 bits per heavy atom. The van der Waals surface area contributed by atoms with E-state index in [4.69, 9.17) is 4.74 Å². The van der Waals surface area contributed by atoms with Crippen LogP contribution in [0.25, 0.3) is 0 Å². The van der Waals surface area contributed by atoms with Crippen molar-refractivity contribution in [3.8, 4) is 0 Å². The van der Waals surface area contributed by atoms with Gasteiger partial charge in [-0.1, -0.05) is 11.3 Å². The van der Waals surface area contributed by atoms with Crippen LogP contribution in [0.2, 0.25) is 0 Å². The molecule has 0 radical (unpaired) electrons. The fourth-order valence-corrected chi connectivity index (χ4v) is 3.54. The van der Waals surface area contributed by atoms with Crippen LogP contribution in [0.4, 0.5) is 5.13 Å². The van der Waals surface area contributed by atoms with Crippen LogP contribution in [0.3, 0.4) is 0 Å². The normalized spacial score (nSPS) is 17.6. The van der Waals surface area contributed by atoms with Crippen LogP contribution in [0.15, 0.2) is 6.33 Å². The first-order valence-corrected chi connectivity index (χ1v) is 9.16. The Kier molecular flexibility index (Phi) is 5.71. The Bertz CT molecular complexity index is 708. The molecule has 9 nitrogen and oxygen atoms in total. The first-order chi connectivity index (χ1) is 12.0. The second kappa shape index (κ2) is 7.98. The van der Waals surface area contributed by atoms with E-state index in [2.05, 4.69) is 39.6 Å². The quantitative estimate of drug-likeness (QED) is 0.796. The van der Waals surface area contributed by atoms with Crippen molar-refractivity contribution < 1.29 is 9.53 Å². The highest BCUT2D eigenvalue weighted by molar-refractivity contribution is 7.15. The summed E-state index contributed by atoms with van der Waals surface area (Å²) in [6.45, 7) is 5.68. The molecular weight excluding hydrogens is 342 g/mol. The first-order valence-electron chi connectivity index (χ1n) is 8.34. The maximum Gasteiger partial charge on any atom is 0.240 e. The van der Waals surface area contributed by atoms with E-state index in [1.165, 1.54) is 11.3 Å². The van der Waals surface area contributed by atoms with Crippen molar-refractivity contribution in [3.63, 3.8) is 0 Å². The molecule has 1 aliphatic rings. The Morgan fingerprint density at radius 3 is 3.04 bits per heavy atom. The van der Waals surface area contributed by atoms with Gasteiger partial charge in [-0.2, -0.15) is 0 Å². The second-order valence-corrected chi connectivity index (χ2v) is 7.42. The number of anilines is 1. The molecule has 0 saturated carbocycles. The molecule has 0 bridgehead atoms. The number of rotatable bonds is 7. The van der Waals surface area contributed by atoms with Crippen molar-refractivity contribution >= 4 is 22.4 Å². The zero-order valence-corrected chi connectivity index (χ0v) is 15.5. The monoisotopic (exact) mass is 365 g/mol. The molecule has 0 unspecified atom stereocenters. The van der Waals surface area contributed by atoms with Gasteiger partial charge in [0.25, 0.3) is 0 Å². The number of hydrogen-bond donors (Lipinski definition) is 1. The number of amides is 1. The summed E-state index contributed by atoms with van der Waals surface area (Å²) in [4.78, 5) is 14.1. The fraction of sp³-hybridized carbons (Fsp3) is 0.667. The van der Waals surface area contributed by atoms with Crippen LogP contribution in [0.1, 0.15) is 49.7 Å². The van der Waals surface area contributed by atoms with Crippen LogP contribution in [0, 0.1) is 0 Å². The summed E-state index contributed by atoms with van der Waals surface area (Å²) < 4.78 is 7.58. The number of ether oxygens (including phenoxy) is 1. The summed E-state index contributed by atoms with van der Waals surface area (Å²) in [7, 11) is 1.87. The van der Waals surface area contributed by atoms with Crippen molar-refractivity contribution in [1.29, 1.82) is 0 Å². The molecule has 1 atom stereocenters. The second-order valence-electron chi connectivity index (χ2n) is 6.42.